The maximum atomic E-state index is 13.2. The second-order valence-electron chi connectivity index (χ2n) is 5.74. The topological polar surface area (TPSA) is 23.6 Å². The van der Waals surface area contributed by atoms with E-state index >= 15 is 0 Å². The highest BCUT2D eigenvalue weighted by molar-refractivity contribution is 6.39. The van der Waals surface area contributed by atoms with E-state index in [1.54, 1.807) is 17.0 Å². The molecule has 1 aliphatic rings. The van der Waals surface area contributed by atoms with E-state index < -0.39 is 0 Å². The highest BCUT2D eigenvalue weighted by Crippen LogP contribution is 2.34. The molecule has 1 fully saturated rings. The largest absolute Gasteiger partial charge is 0.366 e. The number of nitrogens with zero attached hydrogens (tertiary/aromatic N) is 2. The van der Waals surface area contributed by atoms with Crippen LogP contribution in [0.15, 0.2) is 42.5 Å². The molecule has 0 aromatic heterocycles. The Labute approximate surface area is 150 Å². The molecule has 1 aliphatic heterocycles. The third kappa shape index (κ3) is 3.82. The third-order valence-corrected chi connectivity index (χ3v) is 4.74. The van der Waals surface area contributed by atoms with E-state index in [4.69, 9.17) is 23.2 Å². The lowest BCUT2D eigenvalue weighted by Gasteiger charge is -2.37. The Morgan fingerprint density at radius 1 is 1.00 bits per heavy atom. The van der Waals surface area contributed by atoms with Gasteiger partial charge in [0, 0.05) is 26.2 Å². The smallest absolute Gasteiger partial charge is 0.227 e. The Morgan fingerprint density at radius 3 is 2.25 bits per heavy atom. The van der Waals surface area contributed by atoms with Crippen LogP contribution in [0.5, 0.6) is 0 Å². The number of amides is 1. The summed E-state index contributed by atoms with van der Waals surface area (Å²) in [5.41, 5.74) is 1.51. The molecule has 3 nitrogen and oxygen atoms in total. The molecular weight excluding hydrogens is 350 g/mol. The predicted octanol–water partition coefficient (Wildman–Crippen LogP) is 4.02. The number of para-hydroxylation sites is 1. The summed E-state index contributed by atoms with van der Waals surface area (Å²) >= 11 is 12.5. The molecule has 0 saturated carbocycles. The van der Waals surface area contributed by atoms with Crippen molar-refractivity contribution >= 4 is 34.8 Å². The minimum Gasteiger partial charge on any atom is -0.366 e. The summed E-state index contributed by atoms with van der Waals surface area (Å²) in [6, 6.07) is 11.6. The molecule has 6 heteroatoms. The Kier molecular flexibility index (Phi) is 5.27. The Morgan fingerprint density at radius 2 is 1.62 bits per heavy atom. The molecule has 1 heterocycles. The molecule has 0 unspecified atom stereocenters. The van der Waals surface area contributed by atoms with Crippen LogP contribution < -0.4 is 4.90 Å². The zero-order valence-electron chi connectivity index (χ0n) is 13.0. The molecule has 24 heavy (non-hydrogen) atoms. The molecule has 0 N–H and O–H groups in total. The first-order valence-corrected chi connectivity index (χ1v) is 8.51. The van der Waals surface area contributed by atoms with Gasteiger partial charge in [-0.2, -0.15) is 0 Å². The normalized spacial score (nSPS) is 14.8. The van der Waals surface area contributed by atoms with Crippen molar-refractivity contribution in [2.24, 2.45) is 0 Å². The van der Waals surface area contributed by atoms with Crippen LogP contribution in [0.3, 0.4) is 0 Å². The number of halogens is 3. The van der Waals surface area contributed by atoms with Crippen LogP contribution in [0.2, 0.25) is 10.0 Å². The number of hydrogen-bond donors (Lipinski definition) is 0. The molecule has 2 aromatic rings. The minimum absolute atomic E-state index is 0.00510. The van der Waals surface area contributed by atoms with Crippen LogP contribution in [-0.4, -0.2) is 37.0 Å². The van der Waals surface area contributed by atoms with Gasteiger partial charge in [-0.05, 0) is 29.8 Å². The van der Waals surface area contributed by atoms with Crippen molar-refractivity contribution in [3.63, 3.8) is 0 Å². The molecule has 126 valence electrons. The lowest BCUT2D eigenvalue weighted by atomic mass is 10.1. The number of anilines is 1. The average Bonchev–Trinajstić information content (AvgIpc) is 2.55. The highest BCUT2D eigenvalue weighted by Gasteiger charge is 2.23. The van der Waals surface area contributed by atoms with Gasteiger partial charge >= 0.3 is 0 Å². The van der Waals surface area contributed by atoms with Crippen LogP contribution in [0, 0.1) is 5.82 Å². The van der Waals surface area contributed by atoms with Gasteiger partial charge < -0.3 is 9.80 Å². The van der Waals surface area contributed by atoms with Crippen LogP contribution in [0.25, 0.3) is 0 Å². The Bertz CT molecular complexity index is 725. The standard InChI is InChI=1S/C18H17Cl2FN2O/c19-15-5-2-6-16(20)18(15)23-9-7-22(8-10-23)17(24)12-13-3-1-4-14(21)11-13/h1-6,11H,7-10,12H2. The molecule has 0 atom stereocenters. The van der Waals surface area contributed by atoms with Gasteiger partial charge in [0.2, 0.25) is 5.91 Å². The van der Waals surface area contributed by atoms with Crippen LogP contribution >= 0.6 is 23.2 Å². The highest BCUT2D eigenvalue weighted by atomic mass is 35.5. The summed E-state index contributed by atoms with van der Waals surface area (Å²) in [5.74, 6) is -0.316. The summed E-state index contributed by atoms with van der Waals surface area (Å²) in [6.45, 7) is 2.52. The lowest BCUT2D eigenvalue weighted by Crippen LogP contribution is -2.49. The van der Waals surface area contributed by atoms with Crippen molar-refractivity contribution in [1.82, 2.24) is 4.90 Å². The minimum atomic E-state index is -0.321. The molecule has 0 spiro atoms. The fraction of sp³-hybridized carbons (Fsp3) is 0.278. The second kappa shape index (κ2) is 7.41. The van der Waals surface area contributed by atoms with Gasteiger partial charge in [0.15, 0.2) is 0 Å². The van der Waals surface area contributed by atoms with Crippen molar-refractivity contribution in [3.05, 3.63) is 63.9 Å². The van der Waals surface area contributed by atoms with Gasteiger partial charge in [-0.15, -0.1) is 0 Å². The van der Waals surface area contributed by atoms with Gasteiger partial charge in [-0.3, -0.25) is 4.79 Å². The van der Waals surface area contributed by atoms with E-state index in [9.17, 15) is 9.18 Å². The van der Waals surface area contributed by atoms with Crippen LogP contribution in [-0.2, 0) is 11.2 Å². The second-order valence-corrected chi connectivity index (χ2v) is 6.56. The summed E-state index contributed by atoms with van der Waals surface area (Å²) in [6.07, 6.45) is 0.213. The fourth-order valence-corrected chi connectivity index (χ4v) is 3.54. The zero-order chi connectivity index (χ0) is 17.1. The number of carbonyl (C=O) groups is 1. The quantitative estimate of drug-likeness (QED) is 0.818. The van der Waals surface area contributed by atoms with Crippen molar-refractivity contribution in [1.29, 1.82) is 0 Å². The molecule has 1 amide bonds. The average molecular weight is 367 g/mol. The SMILES string of the molecule is O=C(Cc1cccc(F)c1)N1CCN(c2c(Cl)cccc2Cl)CC1. The first-order valence-electron chi connectivity index (χ1n) is 7.76. The Hall–Kier alpha value is -1.78. The lowest BCUT2D eigenvalue weighted by molar-refractivity contribution is -0.130. The Balaban J connectivity index is 1.61. The predicted molar refractivity (Wildman–Crippen MR) is 95.4 cm³/mol. The van der Waals surface area contributed by atoms with Crippen molar-refractivity contribution in [2.45, 2.75) is 6.42 Å². The fourth-order valence-electron chi connectivity index (χ4n) is 2.90. The van der Waals surface area contributed by atoms with E-state index in [1.165, 1.54) is 12.1 Å². The van der Waals surface area contributed by atoms with Gasteiger partial charge in [0.1, 0.15) is 5.82 Å². The third-order valence-electron chi connectivity index (χ3n) is 4.13. The molecule has 2 aromatic carbocycles. The van der Waals surface area contributed by atoms with Gasteiger partial charge in [-0.25, -0.2) is 4.39 Å². The summed E-state index contributed by atoms with van der Waals surface area (Å²) in [7, 11) is 0. The summed E-state index contributed by atoms with van der Waals surface area (Å²) < 4.78 is 13.2. The number of benzene rings is 2. The summed E-state index contributed by atoms with van der Waals surface area (Å²) in [5, 5.41) is 1.23. The summed E-state index contributed by atoms with van der Waals surface area (Å²) in [4.78, 5) is 16.3. The zero-order valence-corrected chi connectivity index (χ0v) is 14.5. The number of carbonyl (C=O) groups excluding carboxylic acids is 1. The number of hydrogen-bond acceptors (Lipinski definition) is 2. The molecular formula is C18H17Cl2FN2O. The van der Waals surface area contributed by atoms with E-state index in [-0.39, 0.29) is 18.1 Å². The molecule has 0 aliphatic carbocycles. The van der Waals surface area contributed by atoms with Gasteiger partial charge in [-0.1, -0.05) is 41.4 Å². The van der Waals surface area contributed by atoms with E-state index in [0.717, 1.165) is 5.69 Å². The van der Waals surface area contributed by atoms with Crippen molar-refractivity contribution < 1.29 is 9.18 Å². The molecule has 3 rings (SSSR count). The maximum Gasteiger partial charge on any atom is 0.227 e. The van der Waals surface area contributed by atoms with Gasteiger partial charge in [0.25, 0.3) is 0 Å². The maximum absolute atomic E-state index is 13.2. The van der Waals surface area contributed by atoms with Crippen LogP contribution in [0.4, 0.5) is 10.1 Å². The number of piperazine rings is 1. The van der Waals surface area contributed by atoms with E-state index in [2.05, 4.69) is 4.90 Å². The first kappa shape index (κ1) is 17.1. The molecule has 1 saturated heterocycles. The van der Waals surface area contributed by atoms with Crippen LogP contribution in [0.1, 0.15) is 5.56 Å². The van der Waals surface area contributed by atoms with Crippen molar-refractivity contribution in [3.8, 4) is 0 Å². The first-order chi connectivity index (χ1) is 11.5. The van der Waals surface area contributed by atoms with Gasteiger partial charge in [0.05, 0.1) is 22.2 Å². The van der Waals surface area contributed by atoms with Crippen molar-refractivity contribution in [2.75, 3.05) is 31.1 Å². The van der Waals surface area contributed by atoms with E-state index in [0.29, 0.717) is 41.8 Å². The monoisotopic (exact) mass is 366 g/mol. The van der Waals surface area contributed by atoms with E-state index in [1.807, 2.05) is 18.2 Å². The number of rotatable bonds is 3. The molecule has 0 radical (unpaired) electrons. The molecule has 0 bridgehead atoms.